The van der Waals surface area contributed by atoms with Crippen LogP contribution >= 0.6 is 11.6 Å². The lowest BCUT2D eigenvalue weighted by Gasteiger charge is -2.06. The van der Waals surface area contributed by atoms with E-state index >= 15 is 0 Å². The van der Waals surface area contributed by atoms with Crippen molar-refractivity contribution < 1.29 is 9.32 Å². The molecule has 21 heavy (non-hydrogen) atoms. The number of pyridine rings is 2. The number of amides is 1. The Hall–Kier alpha value is -2.47. The first-order chi connectivity index (χ1) is 10.0. The molecule has 0 saturated carbocycles. The highest BCUT2D eigenvalue weighted by atomic mass is 35.5. The zero-order valence-corrected chi connectivity index (χ0v) is 12.1. The fourth-order valence-electron chi connectivity index (χ4n) is 2.03. The van der Waals surface area contributed by atoms with Gasteiger partial charge in [-0.25, -0.2) is 9.97 Å². The summed E-state index contributed by atoms with van der Waals surface area (Å²) in [5.41, 5.74) is 2.09. The van der Waals surface area contributed by atoms with E-state index in [1.165, 1.54) is 6.20 Å². The highest BCUT2D eigenvalue weighted by molar-refractivity contribution is 6.30. The predicted molar refractivity (Wildman–Crippen MR) is 78.5 cm³/mol. The monoisotopic (exact) mass is 302 g/mol. The number of hydrogen-bond donors (Lipinski definition) is 1. The molecule has 0 unspecified atom stereocenters. The van der Waals surface area contributed by atoms with Gasteiger partial charge in [0, 0.05) is 11.9 Å². The van der Waals surface area contributed by atoms with Crippen LogP contribution in [0.25, 0.3) is 11.1 Å². The highest BCUT2D eigenvalue weighted by Crippen LogP contribution is 2.22. The SMILES string of the molecule is Cc1cc(C(=O)Nc2ccc(Cl)cn2)c2c(C)noc2n1. The summed E-state index contributed by atoms with van der Waals surface area (Å²) in [6, 6.07) is 4.98. The minimum absolute atomic E-state index is 0.299. The first kappa shape index (κ1) is 13.5. The van der Waals surface area contributed by atoms with Crippen LogP contribution in [0.2, 0.25) is 5.02 Å². The van der Waals surface area contributed by atoms with E-state index < -0.39 is 0 Å². The number of rotatable bonds is 2. The largest absolute Gasteiger partial charge is 0.336 e. The van der Waals surface area contributed by atoms with Crippen molar-refractivity contribution in [3.63, 3.8) is 0 Å². The summed E-state index contributed by atoms with van der Waals surface area (Å²) < 4.78 is 5.11. The van der Waals surface area contributed by atoms with Crippen molar-refractivity contribution in [1.29, 1.82) is 0 Å². The van der Waals surface area contributed by atoms with Gasteiger partial charge in [0.05, 0.1) is 21.7 Å². The quantitative estimate of drug-likeness (QED) is 0.786. The molecule has 106 valence electrons. The van der Waals surface area contributed by atoms with Gasteiger partial charge in [0.15, 0.2) is 0 Å². The lowest BCUT2D eigenvalue weighted by atomic mass is 10.1. The van der Waals surface area contributed by atoms with Gasteiger partial charge in [-0.15, -0.1) is 0 Å². The minimum atomic E-state index is -0.299. The van der Waals surface area contributed by atoms with Crippen LogP contribution in [-0.4, -0.2) is 21.0 Å². The number of anilines is 1. The molecule has 0 bridgehead atoms. The molecule has 3 heterocycles. The second-order valence-electron chi connectivity index (χ2n) is 4.58. The van der Waals surface area contributed by atoms with Gasteiger partial charge in [0.25, 0.3) is 11.6 Å². The van der Waals surface area contributed by atoms with Gasteiger partial charge < -0.3 is 9.84 Å². The third-order valence-corrected chi connectivity index (χ3v) is 3.18. The van der Waals surface area contributed by atoms with Crippen molar-refractivity contribution in [2.45, 2.75) is 13.8 Å². The molecule has 0 spiro atoms. The molecule has 0 aromatic carbocycles. The maximum atomic E-state index is 12.4. The number of aryl methyl sites for hydroxylation is 2. The fraction of sp³-hybridized carbons (Fsp3) is 0.143. The van der Waals surface area contributed by atoms with Crippen molar-refractivity contribution in [1.82, 2.24) is 15.1 Å². The molecule has 7 heteroatoms. The van der Waals surface area contributed by atoms with Crippen LogP contribution in [0.5, 0.6) is 0 Å². The van der Waals surface area contributed by atoms with Crippen molar-refractivity contribution >= 4 is 34.4 Å². The molecule has 0 aliphatic rings. The molecule has 0 aliphatic heterocycles. The normalized spacial score (nSPS) is 10.8. The third-order valence-electron chi connectivity index (χ3n) is 2.96. The zero-order chi connectivity index (χ0) is 15.0. The summed E-state index contributed by atoms with van der Waals surface area (Å²) >= 11 is 5.77. The van der Waals surface area contributed by atoms with Crippen LogP contribution in [0.1, 0.15) is 21.7 Å². The smallest absolute Gasteiger partial charge is 0.258 e. The number of aromatic nitrogens is 3. The first-order valence-electron chi connectivity index (χ1n) is 6.21. The minimum Gasteiger partial charge on any atom is -0.336 e. The van der Waals surface area contributed by atoms with E-state index in [1.807, 2.05) is 0 Å². The van der Waals surface area contributed by atoms with Crippen LogP contribution in [0, 0.1) is 13.8 Å². The lowest BCUT2D eigenvalue weighted by Crippen LogP contribution is -2.14. The van der Waals surface area contributed by atoms with E-state index in [0.717, 1.165) is 0 Å². The van der Waals surface area contributed by atoms with Crippen molar-refractivity contribution in [3.8, 4) is 0 Å². The third kappa shape index (κ3) is 2.57. The van der Waals surface area contributed by atoms with E-state index in [0.29, 0.717) is 38.9 Å². The summed E-state index contributed by atoms with van der Waals surface area (Å²) in [5, 5.41) is 7.67. The summed E-state index contributed by atoms with van der Waals surface area (Å²) in [7, 11) is 0. The first-order valence-corrected chi connectivity index (χ1v) is 6.59. The molecule has 0 aliphatic carbocycles. The van der Waals surface area contributed by atoms with Gasteiger partial charge >= 0.3 is 0 Å². The maximum absolute atomic E-state index is 12.4. The van der Waals surface area contributed by atoms with E-state index in [2.05, 4.69) is 20.4 Å². The molecule has 6 nitrogen and oxygen atoms in total. The lowest BCUT2D eigenvalue weighted by molar-refractivity contribution is 0.102. The summed E-state index contributed by atoms with van der Waals surface area (Å²) in [6.07, 6.45) is 1.47. The molecule has 0 saturated heterocycles. The van der Waals surface area contributed by atoms with Crippen molar-refractivity contribution in [2.24, 2.45) is 0 Å². The van der Waals surface area contributed by atoms with Crippen molar-refractivity contribution in [3.05, 3.63) is 46.4 Å². The van der Waals surface area contributed by atoms with Crippen LogP contribution in [-0.2, 0) is 0 Å². The van der Waals surface area contributed by atoms with Gasteiger partial charge in [-0.2, -0.15) is 0 Å². The number of nitrogens with zero attached hydrogens (tertiary/aromatic N) is 3. The molecule has 0 radical (unpaired) electrons. The van der Waals surface area contributed by atoms with Gasteiger partial charge in [-0.05, 0) is 32.0 Å². The summed E-state index contributed by atoms with van der Waals surface area (Å²) in [6.45, 7) is 3.55. The maximum Gasteiger partial charge on any atom is 0.258 e. The number of carbonyl (C=O) groups is 1. The van der Waals surface area contributed by atoms with E-state index in [1.54, 1.807) is 32.0 Å². The Morgan fingerprint density at radius 2 is 2.14 bits per heavy atom. The predicted octanol–water partition coefficient (Wildman–Crippen LogP) is 3.14. The number of nitrogens with one attached hydrogen (secondary N) is 1. The molecular weight excluding hydrogens is 292 g/mol. The van der Waals surface area contributed by atoms with Gasteiger partial charge in [-0.3, -0.25) is 4.79 Å². The van der Waals surface area contributed by atoms with Crippen molar-refractivity contribution in [2.75, 3.05) is 5.32 Å². The molecule has 0 atom stereocenters. The van der Waals surface area contributed by atoms with Gasteiger partial charge in [0.2, 0.25) is 0 Å². The Balaban J connectivity index is 2.01. The Kier molecular flexibility index (Phi) is 3.31. The number of halogens is 1. The van der Waals surface area contributed by atoms with Crippen LogP contribution < -0.4 is 5.32 Å². The van der Waals surface area contributed by atoms with E-state index in [9.17, 15) is 4.79 Å². The Labute approximate surface area is 125 Å². The van der Waals surface area contributed by atoms with E-state index in [-0.39, 0.29) is 5.91 Å². The van der Waals surface area contributed by atoms with E-state index in [4.69, 9.17) is 16.1 Å². The second-order valence-corrected chi connectivity index (χ2v) is 5.01. The molecule has 1 N–H and O–H groups in total. The molecule has 3 rings (SSSR count). The zero-order valence-electron chi connectivity index (χ0n) is 11.3. The molecule has 3 aromatic heterocycles. The Bertz CT molecular complexity index is 827. The number of carbonyl (C=O) groups excluding carboxylic acids is 1. The Morgan fingerprint density at radius 3 is 2.86 bits per heavy atom. The average Bonchev–Trinajstić information content (AvgIpc) is 2.82. The van der Waals surface area contributed by atoms with Crippen LogP contribution in [0.4, 0.5) is 5.82 Å². The topological polar surface area (TPSA) is 80.9 Å². The average molecular weight is 303 g/mol. The van der Waals surface area contributed by atoms with Gasteiger partial charge in [0.1, 0.15) is 5.82 Å². The summed E-state index contributed by atoms with van der Waals surface area (Å²) in [5.74, 6) is 0.118. The number of fused-ring (bicyclic) bond motifs is 1. The fourth-order valence-corrected chi connectivity index (χ4v) is 2.14. The second kappa shape index (κ2) is 5.14. The molecule has 3 aromatic rings. The van der Waals surface area contributed by atoms with Crippen LogP contribution in [0.3, 0.4) is 0 Å². The molecule has 1 amide bonds. The number of hydrogen-bond acceptors (Lipinski definition) is 5. The summed E-state index contributed by atoms with van der Waals surface area (Å²) in [4.78, 5) is 20.7. The highest BCUT2D eigenvalue weighted by Gasteiger charge is 2.18. The molecular formula is C14H11ClN4O2. The van der Waals surface area contributed by atoms with Gasteiger partial charge in [-0.1, -0.05) is 16.8 Å². The van der Waals surface area contributed by atoms with Crippen LogP contribution in [0.15, 0.2) is 28.9 Å². The standard InChI is InChI=1S/C14H11ClN4O2/c1-7-5-10(12-8(2)19-21-14(12)17-7)13(20)18-11-4-3-9(15)6-16-11/h3-6H,1-2H3,(H,16,18,20). The Morgan fingerprint density at radius 1 is 1.33 bits per heavy atom. The molecule has 0 fully saturated rings.